The van der Waals surface area contributed by atoms with Gasteiger partial charge in [-0.15, -0.1) is 0 Å². The lowest BCUT2D eigenvalue weighted by atomic mass is 9.95. The number of carbonyl (C=O) groups is 4. The van der Waals surface area contributed by atoms with Crippen molar-refractivity contribution in [1.82, 2.24) is 35.2 Å². The van der Waals surface area contributed by atoms with Gasteiger partial charge in [0.2, 0.25) is 27.7 Å². The topological polar surface area (TPSA) is 190 Å². The van der Waals surface area contributed by atoms with Gasteiger partial charge in [0.1, 0.15) is 29.4 Å². The lowest BCUT2D eigenvalue weighted by Crippen LogP contribution is -2.61. The van der Waals surface area contributed by atoms with Crippen LogP contribution in [0.2, 0.25) is 0 Å². The number of ether oxygens (including phenoxy) is 1. The minimum Gasteiger partial charge on any atom is -0.472 e. The third-order valence-electron chi connectivity index (χ3n) is 10.5. The Balaban J connectivity index is 1.22. The van der Waals surface area contributed by atoms with E-state index in [1.807, 2.05) is 54.6 Å². The number of aryl methyl sites for hydroxylation is 1. The molecule has 2 fully saturated rings. The van der Waals surface area contributed by atoms with Crippen LogP contribution in [0.5, 0.6) is 5.88 Å². The number of fused-ring (bicyclic) bond motifs is 4. The fraction of sp³-hybridized carbons (Fsp3) is 0.425. The highest BCUT2D eigenvalue weighted by Crippen LogP contribution is 2.34. The number of allylic oxidation sites excluding steroid dienone is 1. The fourth-order valence-electron chi connectivity index (χ4n) is 7.18. The summed E-state index contributed by atoms with van der Waals surface area (Å²) in [6, 6.07) is 13.3. The van der Waals surface area contributed by atoms with Gasteiger partial charge in [0.05, 0.1) is 29.2 Å². The molecule has 3 aliphatic rings. The molecule has 15 heteroatoms. The van der Waals surface area contributed by atoms with Gasteiger partial charge in [0.25, 0.3) is 11.8 Å². The molecule has 4 amide bonds. The Morgan fingerprint density at radius 3 is 2.42 bits per heavy atom. The van der Waals surface area contributed by atoms with Gasteiger partial charge in [-0.05, 0) is 69.9 Å². The first-order valence-corrected chi connectivity index (χ1v) is 20.3. The molecule has 0 spiro atoms. The Morgan fingerprint density at radius 2 is 1.67 bits per heavy atom. The van der Waals surface area contributed by atoms with Gasteiger partial charge in [0, 0.05) is 23.4 Å². The molecule has 1 saturated carbocycles. The van der Waals surface area contributed by atoms with Crippen LogP contribution in [-0.2, 0) is 24.4 Å². The monoisotopic (exact) mass is 767 g/mol. The molecule has 7 rings (SSSR count). The van der Waals surface area contributed by atoms with Crippen molar-refractivity contribution >= 4 is 55.3 Å². The first kappa shape index (κ1) is 37.9. The average molecular weight is 768 g/mol. The summed E-state index contributed by atoms with van der Waals surface area (Å²) in [6.45, 7) is 3.22. The highest BCUT2D eigenvalue weighted by atomic mass is 32.2. The number of para-hydroxylation sites is 1. The first-order chi connectivity index (χ1) is 26.4. The minimum absolute atomic E-state index is 0.0185. The van der Waals surface area contributed by atoms with Gasteiger partial charge in [-0.25, -0.2) is 18.4 Å². The Kier molecular flexibility index (Phi) is 10.8. The fourth-order valence-corrected chi connectivity index (χ4v) is 8.59. The molecule has 2 aromatic carbocycles. The van der Waals surface area contributed by atoms with Crippen molar-refractivity contribution < 1.29 is 32.3 Å². The van der Waals surface area contributed by atoms with E-state index in [1.165, 1.54) is 24.2 Å². The van der Waals surface area contributed by atoms with Crippen molar-refractivity contribution in [3.8, 4) is 5.88 Å². The van der Waals surface area contributed by atoms with Gasteiger partial charge >= 0.3 is 0 Å². The molecule has 1 aliphatic carbocycles. The zero-order chi connectivity index (χ0) is 38.7. The molecule has 4 atom stereocenters. The van der Waals surface area contributed by atoms with E-state index < -0.39 is 62.6 Å². The number of hydrogen-bond donors (Lipinski definition) is 3. The molecule has 0 radical (unpaired) electrons. The van der Waals surface area contributed by atoms with Gasteiger partial charge in [-0.1, -0.05) is 61.4 Å². The van der Waals surface area contributed by atoms with E-state index in [0.717, 1.165) is 34.5 Å². The summed E-state index contributed by atoms with van der Waals surface area (Å²) in [4.78, 5) is 70.8. The number of amides is 4. The third kappa shape index (κ3) is 8.46. The maximum Gasteiger partial charge on any atom is 0.272 e. The Hall–Kier alpha value is -5.44. The van der Waals surface area contributed by atoms with Crippen LogP contribution in [0.4, 0.5) is 0 Å². The number of aromatic nitrogens is 3. The Morgan fingerprint density at radius 1 is 0.927 bits per heavy atom. The number of rotatable bonds is 7. The number of hydrogen-bond acceptors (Lipinski definition) is 10. The Labute approximate surface area is 319 Å². The van der Waals surface area contributed by atoms with Crippen molar-refractivity contribution in [2.24, 2.45) is 0 Å². The zero-order valence-corrected chi connectivity index (χ0v) is 31.7. The average Bonchev–Trinajstić information content (AvgIpc) is 3.96. The standard InChI is InChI=1S/C40H45N7O7S/c1-25-22-42-33(23-41-25)35(48)43-32-17-7-5-3-4-6-12-20-40(2,39(51)46-55(52,53)27-18-19-27)45-36(49)34-21-26(24-47(34)38(32)50)54-37-30-15-9-8-13-28(30)29-14-10-11-16-31(29)44-37/h6,8-16,22-23,26-27,32,34H,3-5,7,17-21,24H2,1-2H3,(H,43,48)(H,45,49)(H,46,51)/b12-6-/t26-,32+,34+,40-/m1/s1. The van der Waals surface area contributed by atoms with E-state index in [4.69, 9.17) is 9.72 Å². The SMILES string of the molecule is Cc1cnc(C(=O)N[C@H]2CCCCC/C=C\C[C@](C)(C(=O)NS(=O)(=O)C3CC3)NC(=O)[C@@H]3C[C@@H](Oc4nc5ccccc5c5ccccc45)CN3C2=O)cn1. The molecule has 4 aromatic rings. The normalized spacial score (nSPS) is 24.6. The van der Waals surface area contributed by atoms with E-state index in [2.05, 4.69) is 25.3 Å². The van der Waals surface area contributed by atoms with Crippen LogP contribution in [-0.4, -0.2) is 87.4 Å². The number of pyridine rings is 1. The Bertz CT molecular complexity index is 2260. The van der Waals surface area contributed by atoms with Gasteiger partial charge < -0.3 is 20.3 Å². The largest absolute Gasteiger partial charge is 0.472 e. The van der Waals surface area contributed by atoms with Crippen LogP contribution >= 0.6 is 0 Å². The highest BCUT2D eigenvalue weighted by Gasteiger charge is 2.47. The number of nitrogens with one attached hydrogen (secondary N) is 3. The van der Waals surface area contributed by atoms with E-state index in [9.17, 15) is 27.6 Å². The predicted molar refractivity (Wildman–Crippen MR) is 205 cm³/mol. The summed E-state index contributed by atoms with van der Waals surface area (Å²) in [5.74, 6) is -2.24. The molecule has 1 saturated heterocycles. The molecule has 2 aliphatic heterocycles. The number of benzene rings is 2. The van der Waals surface area contributed by atoms with Crippen LogP contribution in [0.3, 0.4) is 0 Å². The zero-order valence-electron chi connectivity index (χ0n) is 30.9. The molecule has 14 nitrogen and oxygen atoms in total. The summed E-state index contributed by atoms with van der Waals surface area (Å²) < 4.78 is 34.5. The highest BCUT2D eigenvalue weighted by molar-refractivity contribution is 7.91. The molecule has 55 heavy (non-hydrogen) atoms. The van der Waals surface area contributed by atoms with Crippen molar-refractivity contribution in [1.29, 1.82) is 0 Å². The number of carbonyl (C=O) groups excluding carboxylic acids is 4. The van der Waals surface area contributed by atoms with E-state index in [1.54, 1.807) is 13.0 Å². The molecular formula is C40H45N7O7S. The molecule has 288 valence electrons. The van der Waals surface area contributed by atoms with Crippen LogP contribution in [0.1, 0.15) is 80.9 Å². The van der Waals surface area contributed by atoms with Crippen LogP contribution in [0, 0.1) is 6.92 Å². The van der Waals surface area contributed by atoms with Crippen LogP contribution in [0.15, 0.2) is 73.1 Å². The molecule has 0 bridgehead atoms. The van der Waals surface area contributed by atoms with Gasteiger partial charge in [-0.3, -0.25) is 28.9 Å². The van der Waals surface area contributed by atoms with E-state index >= 15 is 0 Å². The number of nitrogens with zero attached hydrogens (tertiary/aromatic N) is 4. The van der Waals surface area contributed by atoms with Crippen molar-refractivity contribution in [3.05, 3.63) is 84.5 Å². The second-order valence-corrected chi connectivity index (χ2v) is 16.8. The summed E-state index contributed by atoms with van der Waals surface area (Å²) >= 11 is 0. The number of sulfonamides is 1. The smallest absolute Gasteiger partial charge is 0.272 e. The lowest BCUT2D eigenvalue weighted by Gasteiger charge is -2.33. The molecule has 2 aromatic heterocycles. The molecule has 4 heterocycles. The van der Waals surface area contributed by atoms with Crippen molar-refractivity contribution in [3.63, 3.8) is 0 Å². The quantitative estimate of drug-likeness (QED) is 0.183. The van der Waals surface area contributed by atoms with Gasteiger partial charge in [0.15, 0.2) is 0 Å². The maximum absolute atomic E-state index is 14.6. The second-order valence-electron chi connectivity index (χ2n) is 14.8. The second kappa shape index (κ2) is 15.7. The lowest BCUT2D eigenvalue weighted by molar-refractivity contribution is -0.141. The van der Waals surface area contributed by atoms with E-state index in [-0.39, 0.29) is 25.1 Å². The van der Waals surface area contributed by atoms with Crippen molar-refractivity contribution in [2.45, 2.75) is 101 Å². The molecular weight excluding hydrogens is 723 g/mol. The summed E-state index contributed by atoms with van der Waals surface area (Å²) in [5, 5.41) is 7.67. The van der Waals surface area contributed by atoms with Gasteiger partial charge in [-0.2, -0.15) is 0 Å². The third-order valence-corrected chi connectivity index (χ3v) is 12.3. The summed E-state index contributed by atoms with van der Waals surface area (Å²) in [5.41, 5.74) is -0.270. The van der Waals surface area contributed by atoms with E-state index in [0.29, 0.717) is 43.7 Å². The molecule has 3 N–H and O–H groups in total. The summed E-state index contributed by atoms with van der Waals surface area (Å²) in [7, 11) is -3.92. The first-order valence-electron chi connectivity index (χ1n) is 18.8. The van der Waals surface area contributed by atoms with Crippen LogP contribution in [0.25, 0.3) is 21.7 Å². The molecule has 0 unspecified atom stereocenters. The summed E-state index contributed by atoms with van der Waals surface area (Å²) in [6.07, 6.45) is 9.88. The predicted octanol–water partition coefficient (Wildman–Crippen LogP) is 4.03. The van der Waals surface area contributed by atoms with Crippen LogP contribution < -0.4 is 20.1 Å². The maximum atomic E-state index is 14.6. The minimum atomic E-state index is -3.92. The van der Waals surface area contributed by atoms with Crippen molar-refractivity contribution in [2.75, 3.05) is 6.54 Å².